The van der Waals surface area contributed by atoms with E-state index in [1.807, 2.05) is 5.38 Å². The first-order valence-electron chi connectivity index (χ1n) is 10.9. The average molecular weight is 466 g/mol. The van der Waals surface area contributed by atoms with Crippen LogP contribution in [-0.2, 0) is 9.53 Å². The molecule has 0 unspecified atom stereocenters. The third-order valence-corrected chi connectivity index (χ3v) is 6.20. The fourth-order valence-corrected chi connectivity index (χ4v) is 4.14. The predicted octanol–water partition coefficient (Wildman–Crippen LogP) is 4.42. The second-order valence-electron chi connectivity index (χ2n) is 8.07. The predicted molar refractivity (Wildman–Crippen MR) is 129 cm³/mol. The largest absolute Gasteiger partial charge is 0.484 e. The number of nitrogens with one attached hydrogen (secondary N) is 1. The molecule has 1 aliphatic rings. The molecule has 2 aromatic carbocycles. The molecule has 8 heteroatoms. The van der Waals surface area contributed by atoms with Gasteiger partial charge in [0.15, 0.2) is 11.7 Å². The van der Waals surface area contributed by atoms with Gasteiger partial charge in [-0.3, -0.25) is 14.9 Å². The highest BCUT2D eigenvalue weighted by Crippen LogP contribution is 2.27. The Hall–Kier alpha value is -3.23. The number of carbonyl (C=O) groups is 2. The molecule has 33 heavy (non-hydrogen) atoms. The number of amides is 2. The monoisotopic (exact) mass is 465 g/mol. The van der Waals surface area contributed by atoms with Crippen molar-refractivity contribution < 1.29 is 19.1 Å². The third-order valence-electron chi connectivity index (χ3n) is 5.44. The second-order valence-corrected chi connectivity index (χ2v) is 8.93. The Kier molecular flexibility index (Phi) is 7.36. The number of morpholine rings is 1. The molecule has 172 valence electrons. The molecule has 1 fully saturated rings. The minimum Gasteiger partial charge on any atom is -0.484 e. The Labute approximate surface area is 197 Å². The number of aromatic nitrogens is 1. The van der Waals surface area contributed by atoms with Gasteiger partial charge in [0.05, 0.1) is 18.9 Å². The normalized spacial score (nSPS) is 13.7. The summed E-state index contributed by atoms with van der Waals surface area (Å²) in [6.45, 7) is 6.57. The summed E-state index contributed by atoms with van der Waals surface area (Å²) < 4.78 is 10.8. The van der Waals surface area contributed by atoms with Crippen LogP contribution in [0, 0.1) is 0 Å². The Bertz CT molecular complexity index is 1090. The van der Waals surface area contributed by atoms with Gasteiger partial charge in [0.25, 0.3) is 11.8 Å². The lowest BCUT2D eigenvalue weighted by atomic mass is 10.0. The minimum absolute atomic E-state index is 0.0361. The average Bonchev–Trinajstić information content (AvgIpc) is 3.32. The molecule has 3 aromatic rings. The van der Waals surface area contributed by atoms with Crippen LogP contribution < -0.4 is 10.1 Å². The van der Waals surface area contributed by atoms with Crippen molar-refractivity contribution in [1.82, 2.24) is 9.88 Å². The van der Waals surface area contributed by atoms with Crippen LogP contribution in [0.5, 0.6) is 5.75 Å². The molecular formula is C25H27N3O4S. The van der Waals surface area contributed by atoms with Crippen molar-refractivity contribution in [2.45, 2.75) is 19.8 Å². The first-order valence-corrected chi connectivity index (χ1v) is 11.8. The molecule has 0 saturated carbocycles. The van der Waals surface area contributed by atoms with E-state index >= 15 is 0 Å². The lowest BCUT2D eigenvalue weighted by Gasteiger charge is -2.26. The minimum atomic E-state index is -0.248. The highest BCUT2D eigenvalue weighted by atomic mass is 32.1. The molecule has 1 aliphatic heterocycles. The van der Waals surface area contributed by atoms with Crippen LogP contribution in [0.15, 0.2) is 53.9 Å². The first-order chi connectivity index (χ1) is 16.0. The van der Waals surface area contributed by atoms with Gasteiger partial charge in [0.2, 0.25) is 0 Å². The second kappa shape index (κ2) is 10.6. The summed E-state index contributed by atoms with van der Waals surface area (Å²) in [6, 6.07) is 15.0. The first kappa shape index (κ1) is 22.9. The van der Waals surface area contributed by atoms with Crippen molar-refractivity contribution in [3.8, 4) is 17.0 Å². The van der Waals surface area contributed by atoms with Gasteiger partial charge < -0.3 is 14.4 Å². The number of nitrogens with zero attached hydrogens (tertiary/aromatic N) is 2. The van der Waals surface area contributed by atoms with Gasteiger partial charge in [-0.2, -0.15) is 0 Å². The van der Waals surface area contributed by atoms with Gasteiger partial charge in [-0.05, 0) is 35.7 Å². The van der Waals surface area contributed by atoms with Gasteiger partial charge in [-0.1, -0.05) is 38.1 Å². The fourth-order valence-electron chi connectivity index (χ4n) is 3.42. The van der Waals surface area contributed by atoms with Gasteiger partial charge >= 0.3 is 0 Å². The number of ether oxygens (including phenoxy) is 2. The van der Waals surface area contributed by atoms with E-state index in [0.29, 0.717) is 48.7 Å². The Morgan fingerprint density at radius 2 is 1.79 bits per heavy atom. The molecule has 1 N–H and O–H groups in total. The van der Waals surface area contributed by atoms with Crippen LogP contribution in [0.3, 0.4) is 0 Å². The standard InChI is InChI=1S/C25H27N3O4S/c1-17(2)18-3-5-19(6-4-18)22-16-33-25(26-22)27-24(30)20-7-9-21(10-8-20)32-15-23(29)28-11-13-31-14-12-28/h3-10,16-17H,11-15H2,1-2H3,(H,26,27,30). The van der Waals surface area contributed by atoms with E-state index in [1.54, 1.807) is 29.2 Å². The zero-order chi connectivity index (χ0) is 23.2. The van der Waals surface area contributed by atoms with Crippen LogP contribution in [0.2, 0.25) is 0 Å². The number of hydrogen-bond donors (Lipinski definition) is 1. The maximum absolute atomic E-state index is 12.6. The van der Waals surface area contributed by atoms with Crippen LogP contribution in [-0.4, -0.2) is 54.6 Å². The van der Waals surface area contributed by atoms with Crippen LogP contribution in [0.4, 0.5) is 5.13 Å². The van der Waals surface area contributed by atoms with Gasteiger partial charge in [-0.15, -0.1) is 11.3 Å². The van der Waals surface area contributed by atoms with Crippen molar-refractivity contribution in [2.24, 2.45) is 0 Å². The molecule has 0 spiro atoms. The summed E-state index contributed by atoms with van der Waals surface area (Å²) >= 11 is 1.39. The molecule has 1 aromatic heterocycles. The molecule has 2 amide bonds. The number of benzene rings is 2. The Morgan fingerprint density at radius 1 is 1.09 bits per heavy atom. The molecule has 7 nitrogen and oxygen atoms in total. The van der Waals surface area contributed by atoms with Gasteiger partial charge in [0, 0.05) is 29.6 Å². The molecule has 0 bridgehead atoms. The number of hydrogen-bond acceptors (Lipinski definition) is 6. The third kappa shape index (κ3) is 5.97. The lowest BCUT2D eigenvalue weighted by molar-refractivity contribution is -0.137. The molecule has 0 atom stereocenters. The molecule has 2 heterocycles. The Morgan fingerprint density at radius 3 is 2.45 bits per heavy atom. The summed E-state index contributed by atoms with van der Waals surface area (Å²) in [7, 11) is 0. The Balaban J connectivity index is 1.31. The molecule has 0 radical (unpaired) electrons. The zero-order valence-corrected chi connectivity index (χ0v) is 19.6. The van der Waals surface area contributed by atoms with E-state index in [2.05, 4.69) is 48.4 Å². The highest BCUT2D eigenvalue weighted by Gasteiger charge is 2.17. The molecule has 1 saturated heterocycles. The quantitative estimate of drug-likeness (QED) is 0.559. The summed E-state index contributed by atoms with van der Waals surface area (Å²) in [5, 5.41) is 5.32. The van der Waals surface area contributed by atoms with Crippen LogP contribution in [0.25, 0.3) is 11.3 Å². The summed E-state index contributed by atoms with van der Waals surface area (Å²) in [5.74, 6) is 0.696. The highest BCUT2D eigenvalue weighted by molar-refractivity contribution is 7.14. The summed E-state index contributed by atoms with van der Waals surface area (Å²) in [6.07, 6.45) is 0. The SMILES string of the molecule is CC(C)c1ccc(-c2csc(NC(=O)c3ccc(OCC(=O)N4CCOCC4)cc3)n2)cc1. The molecule has 4 rings (SSSR count). The number of thiazole rings is 1. The topological polar surface area (TPSA) is 80.8 Å². The zero-order valence-electron chi connectivity index (χ0n) is 18.7. The van der Waals surface area contributed by atoms with Crippen LogP contribution >= 0.6 is 11.3 Å². The maximum Gasteiger partial charge on any atom is 0.260 e. The van der Waals surface area contributed by atoms with Crippen molar-refractivity contribution in [3.05, 3.63) is 65.0 Å². The van der Waals surface area contributed by atoms with Crippen molar-refractivity contribution in [2.75, 3.05) is 38.2 Å². The fraction of sp³-hybridized carbons (Fsp3) is 0.320. The van der Waals surface area contributed by atoms with Gasteiger partial charge in [0.1, 0.15) is 5.75 Å². The number of carbonyl (C=O) groups excluding carboxylic acids is 2. The van der Waals surface area contributed by atoms with E-state index in [1.165, 1.54) is 16.9 Å². The number of rotatable bonds is 7. The summed E-state index contributed by atoms with van der Waals surface area (Å²) in [4.78, 5) is 31.1. The van der Waals surface area contributed by atoms with Crippen molar-refractivity contribution in [3.63, 3.8) is 0 Å². The smallest absolute Gasteiger partial charge is 0.260 e. The van der Waals surface area contributed by atoms with E-state index in [4.69, 9.17) is 9.47 Å². The van der Waals surface area contributed by atoms with E-state index in [-0.39, 0.29) is 18.4 Å². The lowest BCUT2D eigenvalue weighted by Crippen LogP contribution is -2.42. The van der Waals surface area contributed by atoms with Crippen molar-refractivity contribution >= 4 is 28.3 Å². The summed E-state index contributed by atoms with van der Waals surface area (Å²) in [5.41, 5.74) is 3.61. The van der Waals surface area contributed by atoms with E-state index in [0.717, 1.165) is 11.3 Å². The molecular weight excluding hydrogens is 438 g/mol. The van der Waals surface area contributed by atoms with Crippen molar-refractivity contribution in [1.29, 1.82) is 0 Å². The maximum atomic E-state index is 12.6. The van der Waals surface area contributed by atoms with Crippen LogP contribution in [0.1, 0.15) is 35.7 Å². The van der Waals surface area contributed by atoms with E-state index in [9.17, 15) is 9.59 Å². The van der Waals surface area contributed by atoms with E-state index < -0.39 is 0 Å². The number of anilines is 1. The molecule has 0 aliphatic carbocycles. The van der Waals surface area contributed by atoms with Gasteiger partial charge in [-0.25, -0.2) is 4.98 Å².